The highest BCUT2D eigenvalue weighted by Gasteiger charge is 2.24. The number of amides is 1. The molecule has 1 rings (SSSR count). The van der Waals surface area contributed by atoms with Crippen LogP contribution in [0, 0.1) is 6.92 Å². The van der Waals surface area contributed by atoms with E-state index in [2.05, 4.69) is 21.2 Å². The summed E-state index contributed by atoms with van der Waals surface area (Å²) in [5.41, 5.74) is 0.244. The lowest BCUT2D eigenvalue weighted by Crippen LogP contribution is -2.48. The lowest BCUT2D eigenvalue weighted by molar-refractivity contribution is -0.132. The number of carboxylic acids is 1. The van der Waals surface area contributed by atoms with E-state index in [1.54, 1.807) is 19.9 Å². The Morgan fingerprint density at radius 2 is 2.04 bits per heavy atom. The van der Waals surface area contributed by atoms with E-state index in [1.165, 1.54) is 6.08 Å². The van der Waals surface area contributed by atoms with Crippen LogP contribution in [-0.4, -0.2) is 28.6 Å². The first-order chi connectivity index (χ1) is 10.6. The highest BCUT2D eigenvalue weighted by molar-refractivity contribution is 9.10. The molecule has 0 bridgehead atoms. The van der Waals surface area contributed by atoms with Gasteiger partial charge in [0.25, 0.3) is 5.91 Å². The molecule has 5 nitrogen and oxygen atoms in total. The fourth-order valence-corrected chi connectivity index (χ4v) is 2.56. The van der Waals surface area contributed by atoms with E-state index in [9.17, 15) is 9.59 Å². The summed E-state index contributed by atoms with van der Waals surface area (Å²) in [6, 6.07) is 5.61. The smallest absolute Gasteiger partial charge is 0.328 e. The number of rotatable bonds is 7. The molecule has 1 aromatic rings. The second-order valence-corrected chi connectivity index (χ2v) is 6.78. The number of aliphatic carboxylic acids is 1. The van der Waals surface area contributed by atoms with E-state index in [4.69, 9.17) is 9.84 Å². The lowest BCUT2D eigenvalue weighted by atomic mass is 10.0. The standard InChI is InChI=1S/C17H22BrNO4/c1-5-14(23-13-9-11(2)8-12(18)10-13)16(22)19-17(3,4)7-6-15(20)21/h6-10,14H,5H2,1-4H3,(H,19,22)(H,20,21)/b7-6+. The number of carbonyl (C=O) groups is 2. The van der Waals surface area contributed by atoms with Crippen molar-refractivity contribution in [1.82, 2.24) is 5.32 Å². The Bertz CT molecular complexity index is 590. The molecule has 6 heteroatoms. The first kappa shape index (κ1) is 19.2. The van der Waals surface area contributed by atoms with Crippen LogP contribution >= 0.6 is 15.9 Å². The summed E-state index contributed by atoms with van der Waals surface area (Å²) < 4.78 is 6.66. The van der Waals surface area contributed by atoms with Gasteiger partial charge in [0, 0.05) is 10.5 Å². The van der Waals surface area contributed by atoms with Crippen LogP contribution in [0.2, 0.25) is 0 Å². The third-order valence-electron chi connectivity index (χ3n) is 3.05. The predicted octanol–water partition coefficient (Wildman–Crippen LogP) is 3.45. The molecule has 1 aromatic carbocycles. The zero-order chi connectivity index (χ0) is 17.6. The summed E-state index contributed by atoms with van der Waals surface area (Å²) in [6.45, 7) is 7.24. The number of benzene rings is 1. The van der Waals surface area contributed by atoms with Crippen LogP contribution in [0.4, 0.5) is 0 Å². The fraction of sp³-hybridized carbons (Fsp3) is 0.412. The maximum absolute atomic E-state index is 12.4. The largest absolute Gasteiger partial charge is 0.481 e. The molecule has 1 unspecified atom stereocenters. The minimum Gasteiger partial charge on any atom is -0.481 e. The van der Waals surface area contributed by atoms with E-state index in [0.717, 1.165) is 16.1 Å². The molecule has 0 fully saturated rings. The lowest BCUT2D eigenvalue weighted by Gasteiger charge is -2.26. The number of carbonyl (C=O) groups excluding carboxylic acids is 1. The van der Waals surface area contributed by atoms with Gasteiger partial charge in [-0.1, -0.05) is 28.9 Å². The molecule has 0 radical (unpaired) electrons. The molecule has 0 heterocycles. The van der Waals surface area contributed by atoms with Gasteiger partial charge in [0.15, 0.2) is 6.10 Å². The number of nitrogens with one attached hydrogen (secondary N) is 1. The van der Waals surface area contributed by atoms with Crippen molar-refractivity contribution < 1.29 is 19.4 Å². The average molecular weight is 384 g/mol. The number of carboxylic acid groups (broad SMARTS) is 1. The van der Waals surface area contributed by atoms with Crippen molar-refractivity contribution in [3.05, 3.63) is 40.4 Å². The van der Waals surface area contributed by atoms with Gasteiger partial charge in [-0.05, 0) is 51.0 Å². The highest BCUT2D eigenvalue weighted by Crippen LogP contribution is 2.22. The normalized spacial score (nSPS) is 12.9. The van der Waals surface area contributed by atoms with Crippen LogP contribution in [-0.2, 0) is 9.59 Å². The Kier molecular flexibility index (Phi) is 6.81. The monoisotopic (exact) mass is 383 g/mol. The maximum Gasteiger partial charge on any atom is 0.328 e. The maximum atomic E-state index is 12.4. The van der Waals surface area contributed by atoms with Gasteiger partial charge in [0.05, 0.1) is 5.54 Å². The third-order valence-corrected chi connectivity index (χ3v) is 3.50. The van der Waals surface area contributed by atoms with Crippen molar-refractivity contribution in [2.75, 3.05) is 0 Å². The molecule has 1 amide bonds. The van der Waals surface area contributed by atoms with E-state index in [0.29, 0.717) is 12.2 Å². The Labute approximate surface area is 144 Å². The molecule has 0 saturated heterocycles. The van der Waals surface area contributed by atoms with Gasteiger partial charge >= 0.3 is 5.97 Å². The zero-order valence-corrected chi connectivity index (χ0v) is 15.3. The molecule has 1 atom stereocenters. The summed E-state index contributed by atoms with van der Waals surface area (Å²) in [4.78, 5) is 23.0. The molecule has 2 N–H and O–H groups in total. The summed E-state index contributed by atoms with van der Waals surface area (Å²) in [5.74, 6) is -0.733. The molecular weight excluding hydrogens is 362 g/mol. The molecule has 0 aromatic heterocycles. The Balaban J connectivity index is 2.80. The minimum atomic E-state index is -1.06. The van der Waals surface area contributed by atoms with E-state index in [-0.39, 0.29) is 5.91 Å². The highest BCUT2D eigenvalue weighted by atomic mass is 79.9. The average Bonchev–Trinajstić information content (AvgIpc) is 2.41. The van der Waals surface area contributed by atoms with Gasteiger partial charge in [-0.25, -0.2) is 4.79 Å². The van der Waals surface area contributed by atoms with Gasteiger partial charge in [-0.3, -0.25) is 4.79 Å². The second kappa shape index (κ2) is 8.15. The molecule has 0 spiro atoms. The van der Waals surface area contributed by atoms with Crippen molar-refractivity contribution in [3.63, 3.8) is 0 Å². The van der Waals surface area contributed by atoms with Crippen molar-refractivity contribution in [1.29, 1.82) is 0 Å². The minimum absolute atomic E-state index is 0.287. The molecule has 23 heavy (non-hydrogen) atoms. The van der Waals surface area contributed by atoms with Crippen LogP contribution in [0.25, 0.3) is 0 Å². The topological polar surface area (TPSA) is 75.6 Å². The van der Waals surface area contributed by atoms with E-state index in [1.807, 2.05) is 26.0 Å². The molecule has 0 aliphatic heterocycles. The van der Waals surface area contributed by atoms with Crippen molar-refractivity contribution in [3.8, 4) is 5.75 Å². The first-order valence-electron chi connectivity index (χ1n) is 7.31. The summed E-state index contributed by atoms with van der Waals surface area (Å²) in [6.07, 6.45) is 2.29. The molecule has 126 valence electrons. The van der Waals surface area contributed by atoms with Crippen LogP contribution < -0.4 is 10.1 Å². The molecule has 0 saturated carbocycles. The van der Waals surface area contributed by atoms with Crippen molar-refractivity contribution in [2.45, 2.75) is 45.8 Å². The Morgan fingerprint density at radius 3 is 2.57 bits per heavy atom. The Hall–Kier alpha value is -1.82. The number of hydrogen-bond acceptors (Lipinski definition) is 3. The third kappa shape index (κ3) is 6.86. The van der Waals surface area contributed by atoms with Gasteiger partial charge in [-0.2, -0.15) is 0 Å². The van der Waals surface area contributed by atoms with Crippen molar-refractivity contribution >= 4 is 27.8 Å². The van der Waals surface area contributed by atoms with E-state index >= 15 is 0 Å². The number of hydrogen-bond donors (Lipinski definition) is 2. The predicted molar refractivity (Wildman–Crippen MR) is 92.6 cm³/mol. The van der Waals surface area contributed by atoms with Crippen LogP contribution in [0.15, 0.2) is 34.8 Å². The van der Waals surface area contributed by atoms with Gasteiger partial charge < -0.3 is 15.2 Å². The van der Waals surface area contributed by atoms with Gasteiger partial charge in [-0.15, -0.1) is 0 Å². The molecule has 0 aliphatic carbocycles. The molecule has 0 aliphatic rings. The second-order valence-electron chi connectivity index (χ2n) is 5.86. The fourth-order valence-electron chi connectivity index (χ4n) is 1.98. The van der Waals surface area contributed by atoms with Gasteiger partial charge in [0.2, 0.25) is 0 Å². The number of ether oxygens (including phenoxy) is 1. The summed E-state index contributed by atoms with van der Waals surface area (Å²) in [7, 11) is 0. The first-order valence-corrected chi connectivity index (χ1v) is 8.10. The van der Waals surface area contributed by atoms with Crippen molar-refractivity contribution in [2.24, 2.45) is 0 Å². The number of aryl methyl sites for hydroxylation is 1. The van der Waals surface area contributed by atoms with Crippen LogP contribution in [0.3, 0.4) is 0 Å². The van der Waals surface area contributed by atoms with Crippen LogP contribution in [0.5, 0.6) is 5.75 Å². The zero-order valence-electron chi connectivity index (χ0n) is 13.7. The summed E-state index contributed by atoms with van der Waals surface area (Å²) in [5, 5.41) is 11.5. The Morgan fingerprint density at radius 1 is 1.39 bits per heavy atom. The summed E-state index contributed by atoms with van der Waals surface area (Å²) >= 11 is 3.40. The van der Waals surface area contributed by atoms with Crippen LogP contribution in [0.1, 0.15) is 32.8 Å². The van der Waals surface area contributed by atoms with E-state index < -0.39 is 17.6 Å². The SMILES string of the molecule is CCC(Oc1cc(C)cc(Br)c1)C(=O)NC(C)(C)/C=C/C(=O)O. The van der Waals surface area contributed by atoms with Gasteiger partial charge in [0.1, 0.15) is 5.75 Å². The number of halogens is 1. The quantitative estimate of drug-likeness (QED) is 0.706. The molecular formula is C17H22BrNO4.